The molecule has 1 unspecified atom stereocenters. The van der Waals surface area contributed by atoms with Crippen LogP contribution in [0.15, 0.2) is 17.7 Å². The molecule has 16 heavy (non-hydrogen) atoms. The molecule has 1 atom stereocenters. The number of fused-ring (bicyclic) bond motifs is 1. The van der Waals surface area contributed by atoms with E-state index in [0.29, 0.717) is 5.41 Å². The molecule has 1 aliphatic carbocycles. The Morgan fingerprint density at radius 2 is 1.62 bits per heavy atom. The van der Waals surface area contributed by atoms with E-state index in [4.69, 9.17) is 0 Å². The zero-order valence-corrected chi connectivity index (χ0v) is 14.4. The summed E-state index contributed by atoms with van der Waals surface area (Å²) in [4.78, 5) is 0. The Morgan fingerprint density at radius 1 is 1.06 bits per heavy atom. The van der Waals surface area contributed by atoms with Crippen molar-refractivity contribution in [1.82, 2.24) is 0 Å². The van der Waals surface area contributed by atoms with Crippen LogP contribution < -0.4 is 0 Å². The molecule has 0 saturated heterocycles. The van der Waals surface area contributed by atoms with Gasteiger partial charge in [-0.05, 0) is 0 Å². The van der Waals surface area contributed by atoms with Gasteiger partial charge in [-0.2, -0.15) is 0 Å². The van der Waals surface area contributed by atoms with Gasteiger partial charge in [-0.25, -0.2) is 0 Å². The normalized spacial score (nSPS) is 19.5. The number of hydrogen-bond acceptors (Lipinski definition) is 0. The predicted octanol–water partition coefficient (Wildman–Crippen LogP) is 4.33. The Balaban J connectivity index is 2.61. The Bertz CT molecular complexity index is 461. The fraction of sp³-hybridized carbons (Fsp3) is 0.467. The average Bonchev–Trinajstić information content (AvgIpc) is 2.51. The van der Waals surface area contributed by atoms with Crippen LogP contribution in [0.5, 0.6) is 0 Å². The van der Waals surface area contributed by atoms with Gasteiger partial charge in [0.2, 0.25) is 0 Å². The summed E-state index contributed by atoms with van der Waals surface area (Å²) in [6.07, 6.45) is 2.45. The predicted molar refractivity (Wildman–Crippen MR) is 66.1 cm³/mol. The van der Waals surface area contributed by atoms with Crippen molar-refractivity contribution in [2.75, 3.05) is 0 Å². The third-order valence-electron chi connectivity index (χ3n) is 3.49. The molecule has 2 rings (SSSR count). The SMILES string of the molecule is Cc1ccc(C)c2c1C=C(C(C)(C)C)[CH]2[Hf]. The second-order valence-electron chi connectivity index (χ2n) is 5.81. The van der Waals surface area contributed by atoms with E-state index < -0.39 is 0 Å². The van der Waals surface area contributed by atoms with Crippen LogP contribution in [-0.2, 0) is 24.4 Å². The first-order valence-corrected chi connectivity index (χ1v) is 7.93. The second-order valence-corrected chi connectivity index (χ2v) is 7.88. The summed E-state index contributed by atoms with van der Waals surface area (Å²) in [5.41, 5.74) is 7.95. The van der Waals surface area contributed by atoms with Crippen LogP contribution in [0, 0.1) is 19.3 Å². The molecule has 0 N–H and O–H groups in total. The van der Waals surface area contributed by atoms with E-state index >= 15 is 0 Å². The van der Waals surface area contributed by atoms with Crippen molar-refractivity contribution in [2.45, 2.75) is 38.3 Å². The van der Waals surface area contributed by atoms with Crippen LogP contribution in [0.1, 0.15) is 46.7 Å². The Kier molecular flexibility index (Phi) is 3.03. The summed E-state index contributed by atoms with van der Waals surface area (Å²) in [6, 6.07) is 4.53. The maximum absolute atomic E-state index is 2.45. The van der Waals surface area contributed by atoms with Crippen molar-refractivity contribution in [3.8, 4) is 0 Å². The fourth-order valence-corrected chi connectivity index (χ4v) is 5.70. The first-order valence-electron chi connectivity index (χ1n) is 5.85. The minimum absolute atomic E-state index is 0.310. The summed E-state index contributed by atoms with van der Waals surface area (Å²) in [7, 11) is 0. The summed E-state index contributed by atoms with van der Waals surface area (Å²) < 4.78 is 0.717. The fourth-order valence-electron chi connectivity index (χ4n) is 2.47. The van der Waals surface area contributed by atoms with E-state index in [2.05, 4.69) is 52.8 Å². The van der Waals surface area contributed by atoms with Crippen molar-refractivity contribution in [1.29, 1.82) is 0 Å². The molecular weight excluding hydrogens is 359 g/mol. The number of aryl methyl sites for hydroxylation is 2. The number of hydrogen-bond donors (Lipinski definition) is 0. The first kappa shape index (κ1) is 12.3. The molecule has 0 amide bonds. The first-order chi connectivity index (χ1) is 7.32. The maximum atomic E-state index is 2.45. The van der Waals surface area contributed by atoms with Gasteiger partial charge >= 0.3 is 114 Å². The summed E-state index contributed by atoms with van der Waals surface area (Å²) in [6.45, 7) is 11.5. The zero-order valence-electron chi connectivity index (χ0n) is 10.8. The van der Waals surface area contributed by atoms with Gasteiger partial charge in [-0.3, -0.25) is 0 Å². The third kappa shape index (κ3) is 1.88. The van der Waals surface area contributed by atoms with Crippen molar-refractivity contribution in [3.63, 3.8) is 0 Å². The van der Waals surface area contributed by atoms with Crippen LogP contribution in [0.25, 0.3) is 6.08 Å². The molecule has 0 spiro atoms. The van der Waals surface area contributed by atoms with E-state index in [1.165, 1.54) is 41.1 Å². The van der Waals surface area contributed by atoms with E-state index in [1.807, 2.05) is 0 Å². The van der Waals surface area contributed by atoms with Crippen LogP contribution in [0.2, 0.25) is 0 Å². The van der Waals surface area contributed by atoms with Gasteiger partial charge in [0.1, 0.15) is 0 Å². The monoisotopic (exact) mass is 379 g/mol. The molecule has 0 aromatic heterocycles. The van der Waals surface area contributed by atoms with Crippen LogP contribution in [0.3, 0.4) is 0 Å². The molecule has 83 valence electrons. The van der Waals surface area contributed by atoms with Crippen molar-refractivity contribution < 1.29 is 24.4 Å². The standard InChI is InChI=1S/C15H19.Hf/c1-10-6-7-11(2)14-9-12(8-13(10)14)15(3,4)5;/h6-9H,1-5H3;. The quantitative estimate of drug-likeness (QED) is 0.590. The molecule has 1 aromatic rings. The van der Waals surface area contributed by atoms with E-state index in [9.17, 15) is 0 Å². The van der Waals surface area contributed by atoms with Gasteiger partial charge < -0.3 is 0 Å². The molecular formula is C15H19Hf. The van der Waals surface area contributed by atoms with Gasteiger partial charge in [0, 0.05) is 0 Å². The molecule has 1 aliphatic rings. The van der Waals surface area contributed by atoms with E-state index in [0.717, 1.165) is 3.67 Å². The van der Waals surface area contributed by atoms with Crippen LogP contribution >= 0.6 is 0 Å². The molecule has 0 aliphatic heterocycles. The number of rotatable bonds is 0. The van der Waals surface area contributed by atoms with E-state index in [-0.39, 0.29) is 0 Å². The van der Waals surface area contributed by atoms with Gasteiger partial charge in [0.05, 0.1) is 0 Å². The van der Waals surface area contributed by atoms with Gasteiger partial charge in [-0.15, -0.1) is 0 Å². The molecule has 1 aromatic carbocycles. The topological polar surface area (TPSA) is 0 Å². The molecule has 0 saturated carbocycles. The molecule has 0 bridgehead atoms. The Labute approximate surface area is 114 Å². The molecule has 0 nitrogen and oxygen atoms in total. The van der Waals surface area contributed by atoms with Crippen molar-refractivity contribution in [3.05, 3.63) is 40.0 Å². The number of benzene rings is 1. The summed E-state index contributed by atoms with van der Waals surface area (Å²) in [5.74, 6) is 0. The van der Waals surface area contributed by atoms with Gasteiger partial charge in [0.25, 0.3) is 0 Å². The van der Waals surface area contributed by atoms with Crippen molar-refractivity contribution >= 4 is 6.08 Å². The molecule has 0 radical (unpaired) electrons. The molecule has 0 heterocycles. The molecule has 1 heteroatoms. The van der Waals surface area contributed by atoms with Gasteiger partial charge in [0.15, 0.2) is 0 Å². The Hall–Kier alpha value is -0.170. The average molecular weight is 378 g/mol. The number of allylic oxidation sites excluding steroid dienone is 1. The van der Waals surface area contributed by atoms with Crippen LogP contribution in [-0.4, -0.2) is 0 Å². The summed E-state index contributed by atoms with van der Waals surface area (Å²) >= 11 is 1.22. The van der Waals surface area contributed by atoms with E-state index in [1.54, 1.807) is 11.1 Å². The zero-order chi connectivity index (χ0) is 12.1. The summed E-state index contributed by atoms with van der Waals surface area (Å²) in [5, 5.41) is 0. The van der Waals surface area contributed by atoms with Gasteiger partial charge in [-0.1, -0.05) is 0 Å². The second kappa shape index (κ2) is 3.94. The molecule has 0 fully saturated rings. The minimum atomic E-state index is 0.310. The third-order valence-corrected chi connectivity index (χ3v) is 5.64. The van der Waals surface area contributed by atoms with Crippen molar-refractivity contribution in [2.24, 2.45) is 5.41 Å². The van der Waals surface area contributed by atoms with Crippen LogP contribution in [0.4, 0.5) is 0 Å². The Morgan fingerprint density at radius 3 is 2.12 bits per heavy atom.